The number of fused-ring (bicyclic) bond motifs is 2. The Kier molecular flexibility index (Phi) is 3.23. The van der Waals surface area contributed by atoms with E-state index < -0.39 is 0 Å². The molecule has 0 fully saturated rings. The fourth-order valence-electron chi connectivity index (χ4n) is 2.35. The van der Waals surface area contributed by atoms with Crippen LogP contribution in [0.1, 0.15) is 23.6 Å². The molecule has 3 rings (SSSR count). The van der Waals surface area contributed by atoms with Crippen molar-refractivity contribution in [1.29, 1.82) is 0 Å². The largest absolute Gasteiger partial charge is 0.355 e. The number of rotatable bonds is 1. The summed E-state index contributed by atoms with van der Waals surface area (Å²) in [6, 6.07) is 16.6. The molecule has 0 aromatic heterocycles. The first-order chi connectivity index (χ1) is 9.25. The molecule has 0 bridgehead atoms. The summed E-state index contributed by atoms with van der Waals surface area (Å²) < 4.78 is 0. The lowest BCUT2D eigenvalue weighted by Gasteiger charge is -2.30. The second-order valence-electron chi connectivity index (χ2n) is 4.68. The highest BCUT2D eigenvalue weighted by Crippen LogP contribution is 2.27. The molecular formula is C17H15NS. The highest BCUT2D eigenvalue weighted by atomic mass is 32.1. The van der Waals surface area contributed by atoms with E-state index in [1.54, 1.807) is 0 Å². The van der Waals surface area contributed by atoms with Crippen LogP contribution in [0.4, 0.5) is 5.69 Å². The first kappa shape index (κ1) is 12.2. The van der Waals surface area contributed by atoms with Crippen LogP contribution >= 0.6 is 12.6 Å². The highest BCUT2D eigenvalue weighted by molar-refractivity contribution is 7.81. The molecule has 0 aliphatic carbocycles. The second-order valence-corrected chi connectivity index (χ2v) is 5.43. The van der Waals surface area contributed by atoms with Crippen LogP contribution in [-0.4, -0.2) is 5.37 Å². The Labute approximate surface area is 119 Å². The Bertz CT molecular complexity index is 664. The van der Waals surface area contributed by atoms with Crippen molar-refractivity contribution in [3.63, 3.8) is 0 Å². The number of benzene rings is 2. The van der Waals surface area contributed by atoms with Gasteiger partial charge in [0, 0.05) is 17.7 Å². The topological polar surface area (TPSA) is 3.24 Å². The number of nitrogens with zero attached hydrogens (tertiary/aromatic N) is 1. The van der Waals surface area contributed by atoms with Gasteiger partial charge in [0.25, 0.3) is 0 Å². The van der Waals surface area contributed by atoms with E-state index >= 15 is 0 Å². The normalized spacial score (nSPS) is 14.3. The summed E-state index contributed by atoms with van der Waals surface area (Å²) >= 11 is 4.62. The van der Waals surface area contributed by atoms with Gasteiger partial charge in [0.2, 0.25) is 0 Å². The van der Waals surface area contributed by atoms with Crippen molar-refractivity contribution in [2.45, 2.75) is 18.8 Å². The molecule has 0 spiro atoms. The maximum Gasteiger partial charge on any atom is 0.0697 e. The average Bonchev–Trinajstić information content (AvgIpc) is 2.41. The van der Waals surface area contributed by atoms with E-state index in [4.69, 9.17) is 0 Å². The molecule has 0 saturated heterocycles. The van der Waals surface area contributed by atoms with Crippen molar-refractivity contribution in [2.24, 2.45) is 0 Å². The SMILES string of the molecule is CC(S)N1Cc2ccccc2C#Cc2ccccc21. The van der Waals surface area contributed by atoms with Crippen molar-refractivity contribution >= 4 is 18.3 Å². The molecule has 0 amide bonds. The lowest BCUT2D eigenvalue weighted by atomic mass is 10.0. The third-order valence-electron chi connectivity index (χ3n) is 3.35. The van der Waals surface area contributed by atoms with Gasteiger partial charge in [-0.1, -0.05) is 42.2 Å². The van der Waals surface area contributed by atoms with Crippen LogP contribution in [0.25, 0.3) is 0 Å². The number of hydrogen-bond acceptors (Lipinski definition) is 2. The van der Waals surface area contributed by atoms with Gasteiger partial charge in [0.15, 0.2) is 0 Å². The minimum absolute atomic E-state index is 0.147. The fraction of sp³-hybridized carbons (Fsp3) is 0.176. The van der Waals surface area contributed by atoms with Gasteiger partial charge in [0.1, 0.15) is 0 Å². The van der Waals surface area contributed by atoms with E-state index in [2.05, 4.69) is 72.7 Å². The zero-order chi connectivity index (χ0) is 13.2. The van der Waals surface area contributed by atoms with Crippen LogP contribution in [-0.2, 0) is 6.54 Å². The van der Waals surface area contributed by atoms with E-state index in [-0.39, 0.29) is 5.37 Å². The Hall–Kier alpha value is -1.85. The van der Waals surface area contributed by atoms with Gasteiger partial charge in [-0.3, -0.25) is 0 Å². The molecule has 19 heavy (non-hydrogen) atoms. The Morgan fingerprint density at radius 1 is 1.00 bits per heavy atom. The van der Waals surface area contributed by atoms with Crippen molar-refractivity contribution in [1.82, 2.24) is 0 Å². The van der Waals surface area contributed by atoms with Gasteiger partial charge in [-0.2, -0.15) is 12.6 Å². The lowest BCUT2D eigenvalue weighted by Crippen LogP contribution is -2.30. The molecule has 1 atom stereocenters. The predicted octanol–water partition coefficient (Wildman–Crippen LogP) is 3.68. The molecule has 1 unspecified atom stereocenters. The first-order valence-corrected chi connectivity index (χ1v) is 6.91. The third kappa shape index (κ3) is 2.34. The molecule has 0 radical (unpaired) electrons. The third-order valence-corrected chi connectivity index (χ3v) is 3.63. The first-order valence-electron chi connectivity index (χ1n) is 6.39. The molecule has 2 aromatic carbocycles. The van der Waals surface area contributed by atoms with Crippen molar-refractivity contribution in [2.75, 3.05) is 4.90 Å². The van der Waals surface area contributed by atoms with Crippen LogP contribution in [0.5, 0.6) is 0 Å². The van der Waals surface area contributed by atoms with E-state index in [0.29, 0.717) is 0 Å². The molecule has 0 N–H and O–H groups in total. The minimum atomic E-state index is 0.147. The zero-order valence-electron chi connectivity index (χ0n) is 10.8. The monoisotopic (exact) mass is 265 g/mol. The summed E-state index contributed by atoms with van der Waals surface area (Å²) in [5, 5.41) is 0.147. The van der Waals surface area contributed by atoms with Gasteiger partial charge < -0.3 is 4.90 Å². The van der Waals surface area contributed by atoms with Crippen LogP contribution in [0.2, 0.25) is 0 Å². The molecule has 1 heterocycles. The van der Waals surface area contributed by atoms with Crippen LogP contribution in [0.15, 0.2) is 48.5 Å². The molecule has 1 aliphatic rings. The maximum absolute atomic E-state index is 4.62. The molecule has 94 valence electrons. The molecule has 2 heteroatoms. The number of thiol groups is 1. The Balaban J connectivity index is 2.20. The van der Waals surface area contributed by atoms with Gasteiger partial charge in [0.05, 0.1) is 11.1 Å². The number of hydrogen-bond donors (Lipinski definition) is 1. The highest BCUT2D eigenvalue weighted by Gasteiger charge is 2.17. The van der Waals surface area contributed by atoms with Gasteiger partial charge in [-0.25, -0.2) is 0 Å². The molecule has 1 aliphatic heterocycles. The lowest BCUT2D eigenvalue weighted by molar-refractivity contribution is 0.792. The van der Waals surface area contributed by atoms with Gasteiger partial charge in [-0.05, 0) is 30.7 Å². The smallest absolute Gasteiger partial charge is 0.0697 e. The van der Waals surface area contributed by atoms with Crippen LogP contribution in [0.3, 0.4) is 0 Å². The summed E-state index contributed by atoms with van der Waals surface area (Å²) in [5.74, 6) is 6.56. The zero-order valence-corrected chi connectivity index (χ0v) is 11.7. The summed E-state index contributed by atoms with van der Waals surface area (Å²) in [4.78, 5) is 2.28. The summed E-state index contributed by atoms with van der Waals surface area (Å²) in [5.41, 5.74) is 4.59. The maximum atomic E-state index is 4.62. The second kappa shape index (κ2) is 5.03. The van der Waals surface area contributed by atoms with E-state index in [1.165, 1.54) is 5.56 Å². The van der Waals surface area contributed by atoms with Gasteiger partial charge >= 0.3 is 0 Å². The number of para-hydroxylation sites is 1. The predicted molar refractivity (Wildman–Crippen MR) is 83.5 cm³/mol. The van der Waals surface area contributed by atoms with E-state index in [0.717, 1.165) is 23.4 Å². The van der Waals surface area contributed by atoms with Crippen LogP contribution in [0, 0.1) is 11.8 Å². The number of anilines is 1. The van der Waals surface area contributed by atoms with Crippen molar-refractivity contribution in [3.05, 3.63) is 65.2 Å². The molecule has 0 saturated carbocycles. The van der Waals surface area contributed by atoms with E-state index in [9.17, 15) is 0 Å². The van der Waals surface area contributed by atoms with Crippen molar-refractivity contribution in [3.8, 4) is 11.8 Å². The minimum Gasteiger partial charge on any atom is -0.355 e. The molecule has 1 nitrogen and oxygen atoms in total. The quantitative estimate of drug-likeness (QED) is 0.608. The summed E-state index contributed by atoms with van der Waals surface area (Å²) in [7, 11) is 0. The van der Waals surface area contributed by atoms with Crippen molar-refractivity contribution < 1.29 is 0 Å². The van der Waals surface area contributed by atoms with Gasteiger partial charge in [-0.15, -0.1) is 0 Å². The fourth-order valence-corrected chi connectivity index (χ4v) is 2.55. The van der Waals surface area contributed by atoms with E-state index in [1.807, 2.05) is 12.1 Å². The summed E-state index contributed by atoms with van der Waals surface area (Å²) in [6.07, 6.45) is 0. The Morgan fingerprint density at radius 3 is 2.42 bits per heavy atom. The van der Waals surface area contributed by atoms with Crippen LogP contribution < -0.4 is 4.90 Å². The summed E-state index contributed by atoms with van der Waals surface area (Å²) in [6.45, 7) is 2.93. The molecule has 2 aromatic rings. The standard InChI is InChI=1S/C17H15NS/c1-13(19)18-12-16-8-3-2-6-14(16)10-11-15-7-4-5-9-17(15)18/h2-9,13,19H,12H2,1H3. The Morgan fingerprint density at radius 2 is 1.63 bits per heavy atom. The molecular weight excluding hydrogens is 250 g/mol. The average molecular weight is 265 g/mol.